The summed E-state index contributed by atoms with van der Waals surface area (Å²) in [6, 6.07) is 0. The Hall–Kier alpha value is -0.650. The van der Waals surface area contributed by atoms with Crippen LogP contribution in [0.5, 0.6) is 0 Å². The molecular formula is C28H58NO4+. The number of quaternary nitrogens is 1. The van der Waals surface area contributed by atoms with Crippen LogP contribution in [0.15, 0.2) is 0 Å². The highest BCUT2D eigenvalue weighted by Crippen LogP contribution is 2.13. The van der Waals surface area contributed by atoms with Crippen LogP contribution in [-0.2, 0) is 14.3 Å². The van der Waals surface area contributed by atoms with Gasteiger partial charge in [0.15, 0.2) is 0 Å². The number of hydrogen-bond acceptors (Lipinski definition) is 4. The van der Waals surface area contributed by atoms with E-state index in [2.05, 4.69) is 35.0 Å². The second-order valence-corrected chi connectivity index (χ2v) is 11.1. The van der Waals surface area contributed by atoms with Crippen molar-refractivity contribution in [3.05, 3.63) is 0 Å². The van der Waals surface area contributed by atoms with Crippen molar-refractivity contribution in [3.63, 3.8) is 0 Å². The molecule has 0 aliphatic carbocycles. The lowest BCUT2D eigenvalue weighted by Crippen LogP contribution is -2.39. The zero-order valence-corrected chi connectivity index (χ0v) is 22.9. The molecule has 0 fully saturated rings. The highest BCUT2D eigenvalue weighted by Gasteiger charge is 2.18. The number of unbranched alkanes of at least 4 members (excludes halogenated alkanes) is 14. The van der Waals surface area contributed by atoms with E-state index in [0.29, 0.717) is 13.0 Å². The largest absolute Gasteiger partial charge is 0.463 e. The number of aliphatic hydroxyl groups is 1. The van der Waals surface area contributed by atoms with Gasteiger partial charge in [0, 0.05) is 12.5 Å². The van der Waals surface area contributed by atoms with Gasteiger partial charge in [-0.15, -0.1) is 0 Å². The Kier molecular flexibility index (Phi) is 21.4. The zero-order valence-electron chi connectivity index (χ0n) is 22.9. The summed E-state index contributed by atoms with van der Waals surface area (Å²) in [7, 11) is 6.34. The van der Waals surface area contributed by atoms with Gasteiger partial charge in [-0.2, -0.15) is 0 Å². The van der Waals surface area contributed by atoms with E-state index in [0.717, 1.165) is 17.4 Å². The first kappa shape index (κ1) is 32.4. The molecule has 0 aromatic carbocycles. The van der Waals surface area contributed by atoms with Crippen LogP contribution in [0.1, 0.15) is 117 Å². The lowest BCUT2D eigenvalue weighted by Gasteiger charge is -2.27. The summed E-state index contributed by atoms with van der Waals surface area (Å²) in [5.74, 6) is 0.0217. The Labute approximate surface area is 206 Å². The number of esters is 1. The molecule has 0 spiro atoms. The molecule has 0 aromatic rings. The van der Waals surface area contributed by atoms with Gasteiger partial charge in [0.25, 0.3) is 0 Å². The average molecular weight is 473 g/mol. The molecule has 0 radical (unpaired) electrons. The van der Waals surface area contributed by atoms with Gasteiger partial charge < -0.3 is 19.1 Å². The molecule has 0 aromatic heterocycles. The predicted molar refractivity (Wildman–Crippen MR) is 139 cm³/mol. The third kappa shape index (κ3) is 25.8. The number of carbonyl (C=O) groups excluding carboxylic acids is 1. The highest BCUT2D eigenvalue weighted by molar-refractivity contribution is 5.69. The summed E-state index contributed by atoms with van der Waals surface area (Å²) in [6.45, 7) is 6.18. The van der Waals surface area contributed by atoms with Crippen LogP contribution in [0.3, 0.4) is 0 Å². The van der Waals surface area contributed by atoms with Gasteiger partial charge in [0.05, 0.1) is 40.7 Å². The smallest absolute Gasteiger partial charge is 0.306 e. The fraction of sp³-hybridized carbons (Fsp3) is 0.964. The number of carbonyl (C=O) groups is 1. The van der Waals surface area contributed by atoms with E-state index in [1.807, 2.05) is 0 Å². The SMILES string of the molecule is CCCCCCCCCCCCCCCCCOCC(O)COC(=O)CC(C)C[N+](C)(C)C. The summed E-state index contributed by atoms with van der Waals surface area (Å²) in [5, 5.41) is 9.94. The molecule has 5 heteroatoms. The van der Waals surface area contributed by atoms with Crippen LogP contribution in [0.25, 0.3) is 0 Å². The number of rotatable bonds is 24. The maximum Gasteiger partial charge on any atom is 0.306 e. The second kappa shape index (κ2) is 21.9. The van der Waals surface area contributed by atoms with E-state index in [1.165, 1.54) is 89.9 Å². The normalized spacial score (nSPS) is 13.8. The minimum Gasteiger partial charge on any atom is -0.463 e. The number of nitrogens with zero attached hydrogens (tertiary/aromatic N) is 1. The van der Waals surface area contributed by atoms with Crippen molar-refractivity contribution in [3.8, 4) is 0 Å². The van der Waals surface area contributed by atoms with Gasteiger partial charge in [-0.1, -0.05) is 104 Å². The Morgan fingerprint density at radius 2 is 1.21 bits per heavy atom. The van der Waals surface area contributed by atoms with Crippen molar-refractivity contribution in [1.29, 1.82) is 0 Å². The number of hydrogen-bond donors (Lipinski definition) is 1. The fourth-order valence-electron chi connectivity index (χ4n) is 4.38. The molecule has 5 nitrogen and oxygen atoms in total. The zero-order chi connectivity index (χ0) is 24.8. The van der Waals surface area contributed by atoms with Crippen LogP contribution in [0.2, 0.25) is 0 Å². The minimum atomic E-state index is -0.737. The summed E-state index contributed by atoms with van der Waals surface area (Å²) in [6.07, 6.45) is 19.9. The third-order valence-electron chi connectivity index (χ3n) is 6.01. The predicted octanol–water partition coefficient (Wildman–Crippen LogP) is 6.51. The van der Waals surface area contributed by atoms with E-state index in [-0.39, 0.29) is 25.1 Å². The van der Waals surface area contributed by atoms with Crippen LogP contribution >= 0.6 is 0 Å². The molecule has 0 saturated carbocycles. The van der Waals surface area contributed by atoms with Crippen LogP contribution < -0.4 is 0 Å². The molecule has 198 valence electrons. The molecule has 0 saturated heterocycles. The van der Waals surface area contributed by atoms with E-state index in [1.54, 1.807) is 0 Å². The molecule has 2 unspecified atom stereocenters. The molecular weight excluding hydrogens is 414 g/mol. The van der Waals surface area contributed by atoms with Gasteiger partial charge in [-0.25, -0.2) is 0 Å². The third-order valence-corrected chi connectivity index (χ3v) is 6.01. The maximum absolute atomic E-state index is 11.9. The first-order valence-electron chi connectivity index (χ1n) is 14.0. The molecule has 1 N–H and O–H groups in total. The van der Waals surface area contributed by atoms with Crippen molar-refractivity contribution in [1.82, 2.24) is 0 Å². The Bertz CT molecular complexity index is 436. The fourth-order valence-corrected chi connectivity index (χ4v) is 4.38. The molecule has 0 aliphatic heterocycles. The maximum atomic E-state index is 11.9. The molecule has 0 amide bonds. The standard InChI is InChI=1S/C28H58NO4/c1-6-7-8-9-10-11-12-13-14-15-16-17-18-19-20-21-32-24-27(30)25-33-28(31)22-26(2)23-29(3,4)5/h26-27,30H,6-25H2,1-5H3/q+1. The van der Waals surface area contributed by atoms with E-state index < -0.39 is 6.10 Å². The molecule has 0 heterocycles. The van der Waals surface area contributed by atoms with Crippen molar-refractivity contribution < 1.29 is 23.9 Å². The van der Waals surface area contributed by atoms with Gasteiger partial charge in [0.1, 0.15) is 12.7 Å². The number of aliphatic hydroxyl groups excluding tert-OH is 1. The first-order valence-corrected chi connectivity index (χ1v) is 14.0. The summed E-state index contributed by atoms with van der Waals surface area (Å²) < 4.78 is 11.6. The highest BCUT2D eigenvalue weighted by atomic mass is 16.5. The van der Waals surface area contributed by atoms with Crippen molar-refractivity contribution in [2.24, 2.45) is 5.92 Å². The van der Waals surface area contributed by atoms with Crippen molar-refractivity contribution in [2.75, 3.05) is 47.5 Å². The lowest BCUT2D eigenvalue weighted by atomic mass is 10.0. The van der Waals surface area contributed by atoms with Gasteiger partial charge in [-0.05, 0) is 6.42 Å². The van der Waals surface area contributed by atoms with Crippen LogP contribution in [0, 0.1) is 5.92 Å². The Balaban J connectivity index is 3.35. The Morgan fingerprint density at radius 1 is 0.758 bits per heavy atom. The van der Waals surface area contributed by atoms with E-state index in [4.69, 9.17) is 9.47 Å². The van der Waals surface area contributed by atoms with Crippen LogP contribution in [-0.4, -0.2) is 69.2 Å². The van der Waals surface area contributed by atoms with Gasteiger partial charge in [-0.3, -0.25) is 4.79 Å². The first-order chi connectivity index (χ1) is 15.7. The summed E-state index contributed by atoms with van der Waals surface area (Å²) in [5.41, 5.74) is 0. The van der Waals surface area contributed by atoms with Crippen molar-refractivity contribution >= 4 is 5.97 Å². The topological polar surface area (TPSA) is 55.8 Å². The van der Waals surface area contributed by atoms with Gasteiger partial charge in [0.2, 0.25) is 0 Å². The molecule has 33 heavy (non-hydrogen) atoms. The summed E-state index contributed by atoms with van der Waals surface area (Å²) >= 11 is 0. The molecule has 0 bridgehead atoms. The molecule has 2 atom stereocenters. The minimum absolute atomic E-state index is 0.0226. The molecule has 0 aliphatic rings. The van der Waals surface area contributed by atoms with Gasteiger partial charge >= 0.3 is 5.97 Å². The quantitative estimate of drug-likeness (QED) is 0.0988. The lowest BCUT2D eigenvalue weighted by molar-refractivity contribution is -0.873. The van der Waals surface area contributed by atoms with E-state index in [9.17, 15) is 9.90 Å². The second-order valence-electron chi connectivity index (χ2n) is 11.1. The van der Waals surface area contributed by atoms with Crippen LogP contribution in [0.4, 0.5) is 0 Å². The number of ether oxygens (including phenoxy) is 2. The average Bonchev–Trinajstić information content (AvgIpc) is 2.73. The summed E-state index contributed by atoms with van der Waals surface area (Å²) in [4.78, 5) is 11.9. The van der Waals surface area contributed by atoms with Crippen molar-refractivity contribution in [2.45, 2.75) is 123 Å². The molecule has 0 rings (SSSR count). The monoisotopic (exact) mass is 472 g/mol. The van der Waals surface area contributed by atoms with E-state index >= 15 is 0 Å². The Morgan fingerprint density at radius 3 is 1.67 bits per heavy atom.